The molecule has 1 aliphatic rings. The van der Waals surface area contributed by atoms with Gasteiger partial charge in [-0.25, -0.2) is 0 Å². The molecule has 140 valence electrons. The van der Waals surface area contributed by atoms with Gasteiger partial charge in [-0.15, -0.1) is 21.5 Å². The van der Waals surface area contributed by atoms with Crippen LogP contribution >= 0.6 is 11.3 Å². The van der Waals surface area contributed by atoms with Gasteiger partial charge in [0.05, 0.1) is 0 Å². The maximum absolute atomic E-state index is 13.0. The van der Waals surface area contributed by atoms with E-state index < -0.39 is 6.04 Å². The second-order valence-electron chi connectivity index (χ2n) is 6.75. The second-order valence-corrected chi connectivity index (χ2v) is 7.73. The summed E-state index contributed by atoms with van der Waals surface area (Å²) in [5.74, 6) is 0.548. The first kappa shape index (κ1) is 17.7. The van der Waals surface area contributed by atoms with E-state index in [1.54, 1.807) is 11.3 Å². The van der Waals surface area contributed by atoms with E-state index >= 15 is 0 Å². The van der Waals surface area contributed by atoms with Crippen molar-refractivity contribution in [3.63, 3.8) is 0 Å². The van der Waals surface area contributed by atoms with Crippen molar-refractivity contribution in [2.24, 2.45) is 0 Å². The van der Waals surface area contributed by atoms with Crippen LogP contribution in [0.2, 0.25) is 0 Å². The van der Waals surface area contributed by atoms with Crippen molar-refractivity contribution >= 4 is 22.9 Å². The Morgan fingerprint density at radius 3 is 2.81 bits per heavy atom. The van der Waals surface area contributed by atoms with Crippen molar-refractivity contribution in [2.45, 2.75) is 44.2 Å². The van der Waals surface area contributed by atoms with Gasteiger partial charge in [-0.3, -0.25) is 4.79 Å². The molecule has 1 amide bonds. The van der Waals surface area contributed by atoms with Crippen molar-refractivity contribution in [1.82, 2.24) is 25.9 Å². The fraction of sp³-hybridized carbons (Fsp3) is 0.368. The minimum atomic E-state index is -0.424. The number of carbonyl (C=O) groups excluding carboxylic acids is 1. The van der Waals surface area contributed by atoms with Crippen molar-refractivity contribution in [3.8, 4) is 11.4 Å². The Bertz CT molecular complexity index is 858. The molecule has 1 aromatic carbocycles. The molecule has 1 aliphatic carbocycles. The minimum Gasteiger partial charge on any atom is -0.369 e. The summed E-state index contributed by atoms with van der Waals surface area (Å²) in [4.78, 5) is 14.0. The molecule has 0 radical (unpaired) electrons. The molecular formula is C19H22N6OS. The summed E-state index contributed by atoms with van der Waals surface area (Å²) in [7, 11) is 0. The van der Waals surface area contributed by atoms with Crippen LogP contribution in [0.1, 0.15) is 43.0 Å². The van der Waals surface area contributed by atoms with Gasteiger partial charge < -0.3 is 10.6 Å². The van der Waals surface area contributed by atoms with Crippen molar-refractivity contribution in [2.75, 3.05) is 5.32 Å². The molecule has 0 spiro atoms. The quantitative estimate of drug-likeness (QED) is 0.606. The molecule has 0 aliphatic heterocycles. The van der Waals surface area contributed by atoms with Gasteiger partial charge in [0.1, 0.15) is 6.04 Å². The zero-order chi connectivity index (χ0) is 18.5. The number of rotatable bonds is 6. The first-order valence-electron chi connectivity index (χ1n) is 9.24. The zero-order valence-corrected chi connectivity index (χ0v) is 15.7. The highest BCUT2D eigenvalue weighted by molar-refractivity contribution is 7.10. The number of tetrazole rings is 1. The van der Waals surface area contributed by atoms with Gasteiger partial charge in [0.25, 0.3) is 0 Å². The van der Waals surface area contributed by atoms with Crippen LogP contribution < -0.4 is 10.6 Å². The lowest BCUT2D eigenvalue weighted by atomic mass is 9.95. The largest absolute Gasteiger partial charge is 0.369 e. The molecule has 1 atom stereocenters. The van der Waals surface area contributed by atoms with E-state index in [0.29, 0.717) is 5.82 Å². The maximum atomic E-state index is 13.0. The summed E-state index contributed by atoms with van der Waals surface area (Å²) in [6.45, 7) is 0. The number of amides is 1. The number of nitrogens with zero attached hydrogens (tertiary/aromatic N) is 3. The second kappa shape index (κ2) is 8.30. The molecule has 3 aromatic rings. The molecular weight excluding hydrogens is 360 g/mol. The molecule has 0 bridgehead atoms. The smallest absolute Gasteiger partial charge is 0.248 e. The number of hydrogen-bond acceptors (Lipinski definition) is 6. The Morgan fingerprint density at radius 1 is 1.19 bits per heavy atom. The van der Waals surface area contributed by atoms with Gasteiger partial charge in [-0.05, 0) is 41.6 Å². The van der Waals surface area contributed by atoms with E-state index in [1.807, 2.05) is 41.8 Å². The topological polar surface area (TPSA) is 95.6 Å². The Balaban J connectivity index is 1.53. The lowest BCUT2D eigenvalue weighted by molar-refractivity contribution is -0.122. The van der Waals surface area contributed by atoms with Gasteiger partial charge in [-0.1, -0.05) is 37.5 Å². The highest BCUT2D eigenvalue weighted by Gasteiger charge is 2.25. The van der Waals surface area contributed by atoms with Crippen LogP contribution in [-0.4, -0.2) is 32.6 Å². The molecule has 8 heteroatoms. The third kappa shape index (κ3) is 4.33. The van der Waals surface area contributed by atoms with Gasteiger partial charge in [0, 0.05) is 22.2 Å². The normalized spacial score (nSPS) is 16.0. The van der Waals surface area contributed by atoms with Crippen molar-refractivity contribution in [3.05, 3.63) is 46.7 Å². The third-order valence-corrected chi connectivity index (χ3v) is 5.76. The number of aromatic nitrogens is 4. The number of benzene rings is 1. The highest BCUT2D eigenvalue weighted by atomic mass is 32.1. The van der Waals surface area contributed by atoms with E-state index in [1.165, 1.54) is 19.3 Å². The average Bonchev–Trinajstić information content (AvgIpc) is 3.41. The van der Waals surface area contributed by atoms with E-state index in [9.17, 15) is 4.79 Å². The van der Waals surface area contributed by atoms with Crippen LogP contribution in [0.25, 0.3) is 11.4 Å². The predicted molar refractivity (Wildman–Crippen MR) is 105 cm³/mol. The first-order valence-corrected chi connectivity index (χ1v) is 10.1. The van der Waals surface area contributed by atoms with Gasteiger partial charge in [0.15, 0.2) is 0 Å². The van der Waals surface area contributed by atoms with E-state index in [2.05, 4.69) is 31.3 Å². The fourth-order valence-corrected chi connectivity index (χ4v) is 4.23. The Labute approximate surface area is 161 Å². The van der Waals surface area contributed by atoms with Gasteiger partial charge >= 0.3 is 0 Å². The van der Waals surface area contributed by atoms with Crippen LogP contribution in [-0.2, 0) is 4.79 Å². The summed E-state index contributed by atoms with van der Waals surface area (Å²) in [5, 5.41) is 22.7. The molecule has 2 heterocycles. The summed E-state index contributed by atoms with van der Waals surface area (Å²) in [6, 6.07) is 11.5. The van der Waals surface area contributed by atoms with Crippen molar-refractivity contribution < 1.29 is 4.79 Å². The molecule has 4 rings (SSSR count). The molecule has 1 fully saturated rings. The standard InChI is InChI=1S/C19H22N6OS/c26-19(21-14-7-2-1-3-8-14)17(16-10-5-11-27-16)20-15-9-4-6-13(12-15)18-22-24-25-23-18/h4-6,9-12,14,17,20H,1-3,7-8H2,(H,21,26)(H,22,23,24,25). The molecule has 0 saturated heterocycles. The summed E-state index contributed by atoms with van der Waals surface area (Å²) < 4.78 is 0. The zero-order valence-electron chi connectivity index (χ0n) is 14.9. The predicted octanol–water partition coefficient (Wildman–Crippen LogP) is 3.53. The summed E-state index contributed by atoms with van der Waals surface area (Å²) in [5.41, 5.74) is 1.68. The average molecular weight is 382 g/mol. The molecule has 2 aromatic heterocycles. The molecule has 1 unspecified atom stereocenters. The van der Waals surface area contributed by atoms with Crippen LogP contribution in [0.5, 0.6) is 0 Å². The Hall–Kier alpha value is -2.74. The van der Waals surface area contributed by atoms with Gasteiger partial charge in [0.2, 0.25) is 11.7 Å². The SMILES string of the molecule is O=C(NC1CCCCC1)C(Nc1cccc(-c2nn[nH]n2)c1)c1cccs1. The molecule has 1 saturated carbocycles. The van der Waals surface area contributed by atoms with Crippen molar-refractivity contribution in [1.29, 1.82) is 0 Å². The summed E-state index contributed by atoms with van der Waals surface area (Å²) in [6.07, 6.45) is 5.78. The molecule has 27 heavy (non-hydrogen) atoms. The number of carbonyl (C=O) groups is 1. The third-order valence-electron chi connectivity index (χ3n) is 4.82. The lowest BCUT2D eigenvalue weighted by Gasteiger charge is -2.26. The number of aromatic amines is 1. The number of H-pyrrole nitrogens is 1. The van der Waals surface area contributed by atoms with Crippen LogP contribution in [0.15, 0.2) is 41.8 Å². The summed E-state index contributed by atoms with van der Waals surface area (Å²) >= 11 is 1.58. The highest BCUT2D eigenvalue weighted by Crippen LogP contribution is 2.27. The number of anilines is 1. The Morgan fingerprint density at radius 2 is 2.07 bits per heavy atom. The van der Waals surface area contributed by atoms with Crippen LogP contribution in [0, 0.1) is 0 Å². The molecule has 3 N–H and O–H groups in total. The van der Waals surface area contributed by atoms with Crippen LogP contribution in [0.3, 0.4) is 0 Å². The fourth-order valence-electron chi connectivity index (χ4n) is 3.45. The lowest BCUT2D eigenvalue weighted by Crippen LogP contribution is -2.41. The molecule has 7 nitrogen and oxygen atoms in total. The Kier molecular flexibility index (Phi) is 5.43. The number of nitrogens with one attached hydrogen (secondary N) is 3. The van der Waals surface area contributed by atoms with E-state index in [-0.39, 0.29) is 11.9 Å². The van der Waals surface area contributed by atoms with Crippen LogP contribution in [0.4, 0.5) is 5.69 Å². The van der Waals surface area contributed by atoms with E-state index in [0.717, 1.165) is 29.0 Å². The first-order chi connectivity index (χ1) is 13.3. The van der Waals surface area contributed by atoms with E-state index in [4.69, 9.17) is 0 Å². The monoisotopic (exact) mass is 382 g/mol. The number of thiophene rings is 1. The van der Waals surface area contributed by atoms with Gasteiger partial charge in [-0.2, -0.15) is 5.21 Å². The minimum absolute atomic E-state index is 0.0225. The number of hydrogen-bond donors (Lipinski definition) is 3. The maximum Gasteiger partial charge on any atom is 0.248 e.